The first-order valence-corrected chi connectivity index (χ1v) is 6.11. The van der Waals surface area contributed by atoms with Gasteiger partial charge in [0, 0.05) is 30.6 Å². The van der Waals surface area contributed by atoms with E-state index < -0.39 is 0 Å². The van der Waals surface area contributed by atoms with Crippen LogP contribution in [0.2, 0.25) is 0 Å². The van der Waals surface area contributed by atoms with Crippen LogP contribution in [0, 0.1) is 0 Å². The maximum atomic E-state index is 4.37. The third-order valence-corrected chi connectivity index (χ3v) is 3.25. The minimum atomic E-state index is 0.366. The Labute approximate surface area is 91.3 Å². The molecule has 0 radical (unpaired) electrons. The number of aliphatic imine (C=N–C) groups is 1. The van der Waals surface area contributed by atoms with E-state index in [0.29, 0.717) is 4.75 Å². The molecule has 1 aliphatic rings. The average Bonchev–Trinajstić information content (AvgIpc) is 2.44. The molecule has 1 aliphatic heterocycles. The number of guanidine groups is 1. The summed E-state index contributed by atoms with van der Waals surface area (Å²) in [6.07, 6.45) is 0. The lowest BCUT2D eigenvalue weighted by Gasteiger charge is -2.19. The summed E-state index contributed by atoms with van der Waals surface area (Å²) in [7, 11) is 2.08. The lowest BCUT2D eigenvalue weighted by Crippen LogP contribution is -2.37. The second-order valence-corrected chi connectivity index (χ2v) is 6.44. The molecule has 1 heterocycles. The van der Waals surface area contributed by atoms with E-state index in [-0.39, 0.29) is 0 Å². The first-order chi connectivity index (χ1) is 6.49. The Kier molecular flexibility index (Phi) is 4.11. The van der Waals surface area contributed by atoms with Gasteiger partial charge in [0.15, 0.2) is 5.96 Å². The number of likely N-dealkylation sites (N-methyl/N-ethyl adjacent to an activating group) is 1. The van der Waals surface area contributed by atoms with Crippen molar-refractivity contribution in [1.29, 1.82) is 0 Å². The second kappa shape index (κ2) is 4.91. The van der Waals surface area contributed by atoms with Gasteiger partial charge in [-0.15, -0.1) is 0 Å². The van der Waals surface area contributed by atoms with Crippen LogP contribution >= 0.6 is 11.8 Å². The molecule has 0 aromatic heterocycles. The molecule has 14 heavy (non-hydrogen) atoms. The molecule has 4 heteroatoms. The fraction of sp³-hybridized carbons (Fsp3) is 0.900. The van der Waals surface area contributed by atoms with Gasteiger partial charge in [-0.1, -0.05) is 20.8 Å². The summed E-state index contributed by atoms with van der Waals surface area (Å²) >= 11 is 1.98. The van der Waals surface area contributed by atoms with Crippen molar-refractivity contribution in [2.45, 2.75) is 25.5 Å². The van der Waals surface area contributed by atoms with E-state index in [2.05, 4.69) is 43.0 Å². The fourth-order valence-corrected chi connectivity index (χ4v) is 2.06. The third-order valence-electron chi connectivity index (χ3n) is 1.98. The average molecular weight is 215 g/mol. The highest BCUT2D eigenvalue weighted by Crippen LogP contribution is 2.21. The van der Waals surface area contributed by atoms with Crippen LogP contribution in [0.5, 0.6) is 0 Å². The Bertz CT molecular complexity index is 208. The Morgan fingerprint density at radius 2 is 2.21 bits per heavy atom. The van der Waals surface area contributed by atoms with Crippen LogP contribution in [-0.2, 0) is 0 Å². The molecule has 82 valence electrons. The van der Waals surface area contributed by atoms with Crippen molar-refractivity contribution < 1.29 is 0 Å². The van der Waals surface area contributed by atoms with Crippen LogP contribution in [0.4, 0.5) is 0 Å². The largest absolute Gasteiger partial charge is 0.355 e. The molecule has 0 amide bonds. The van der Waals surface area contributed by atoms with Crippen LogP contribution in [-0.4, -0.2) is 48.0 Å². The molecule has 0 aliphatic carbocycles. The van der Waals surface area contributed by atoms with E-state index >= 15 is 0 Å². The quantitative estimate of drug-likeness (QED) is 0.721. The van der Waals surface area contributed by atoms with Crippen LogP contribution in [0.25, 0.3) is 0 Å². The fourth-order valence-electron chi connectivity index (χ4n) is 1.24. The minimum absolute atomic E-state index is 0.366. The van der Waals surface area contributed by atoms with E-state index in [4.69, 9.17) is 0 Å². The molecule has 0 saturated heterocycles. The zero-order valence-electron chi connectivity index (χ0n) is 9.63. The number of thioether (sulfide) groups is 1. The predicted octanol–water partition coefficient (Wildman–Crippen LogP) is 1.41. The van der Waals surface area contributed by atoms with Crippen LogP contribution < -0.4 is 5.32 Å². The monoisotopic (exact) mass is 215 g/mol. The number of rotatable bonds is 3. The second-order valence-electron chi connectivity index (χ2n) is 4.51. The highest BCUT2D eigenvalue weighted by atomic mass is 32.2. The summed E-state index contributed by atoms with van der Waals surface area (Å²) in [6, 6.07) is 0. The molecule has 0 atom stereocenters. The van der Waals surface area contributed by atoms with Crippen molar-refractivity contribution in [3.05, 3.63) is 0 Å². The molecular formula is C10H21N3S. The van der Waals surface area contributed by atoms with E-state index in [9.17, 15) is 0 Å². The zero-order valence-corrected chi connectivity index (χ0v) is 10.4. The highest BCUT2D eigenvalue weighted by Gasteiger charge is 2.12. The highest BCUT2D eigenvalue weighted by molar-refractivity contribution is 8.00. The third kappa shape index (κ3) is 4.22. The van der Waals surface area contributed by atoms with Gasteiger partial charge < -0.3 is 10.2 Å². The number of nitrogens with zero attached hydrogens (tertiary/aromatic N) is 2. The van der Waals surface area contributed by atoms with Gasteiger partial charge in [0.2, 0.25) is 0 Å². The van der Waals surface area contributed by atoms with Crippen molar-refractivity contribution in [3.63, 3.8) is 0 Å². The topological polar surface area (TPSA) is 27.6 Å². The molecule has 1 rings (SSSR count). The van der Waals surface area contributed by atoms with E-state index in [1.54, 1.807) is 0 Å². The van der Waals surface area contributed by atoms with Crippen LogP contribution in [0.1, 0.15) is 20.8 Å². The molecule has 1 N–H and O–H groups in total. The summed E-state index contributed by atoms with van der Waals surface area (Å²) in [5, 5.41) is 3.36. The van der Waals surface area contributed by atoms with Crippen molar-refractivity contribution in [2.75, 3.05) is 32.4 Å². The number of hydrogen-bond donors (Lipinski definition) is 1. The first-order valence-electron chi connectivity index (χ1n) is 5.12. The van der Waals surface area contributed by atoms with Crippen LogP contribution in [0.15, 0.2) is 4.99 Å². The maximum Gasteiger partial charge on any atom is 0.193 e. The molecule has 0 aromatic rings. The maximum absolute atomic E-state index is 4.37. The lowest BCUT2D eigenvalue weighted by atomic mass is 10.3. The summed E-state index contributed by atoms with van der Waals surface area (Å²) in [4.78, 5) is 6.54. The summed E-state index contributed by atoms with van der Waals surface area (Å²) in [5.41, 5.74) is 0. The summed E-state index contributed by atoms with van der Waals surface area (Å²) < 4.78 is 0.366. The van der Waals surface area contributed by atoms with Crippen LogP contribution in [0.3, 0.4) is 0 Å². The lowest BCUT2D eigenvalue weighted by molar-refractivity contribution is 0.536. The first kappa shape index (κ1) is 11.7. The number of hydrogen-bond acceptors (Lipinski definition) is 4. The SMILES string of the molecule is CN1CCN=C1NCCSC(C)(C)C. The van der Waals surface area contributed by atoms with Crippen molar-refractivity contribution in [3.8, 4) is 0 Å². The van der Waals surface area contributed by atoms with Gasteiger partial charge >= 0.3 is 0 Å². The Morgan fingerprint density at radius 1 is 1.50 bits per heavy atom. The minimum Gasteiger partial charge on any atom is -0.355 e. The molecule has 0 bridgehead atoms. The zero-order chi connectivity index (χ0) is 10.6. The van der Waals surface area contributed by atoms with E-state index in [1.807, 2.05) is 11.8 Å². The number of nitrogens with one attached hydrogen (secondary N) is 1. The molecule has 0 saturated carbocycles. The summed E-state index contributed by atoms with van der Waals surface area (Å²) in [5.74, 6) is 2.19. The Hall–Kier alpha value is -0.380. The smallest absolute Gasteiger partial charge is 0.193 e. The van der Waals surface area contributed by atoms with Gasteiger partial charge in [0.05, 0.1) is 6.54 Å². The van der Waals surface area contributed by atoms with E-state index in [1.165, 1.54) is 0 Å². The summed E-state index contributed by atoms with van der Waals surface area (Å²) in [6.45, 7) is 9.73. The Morgan fingerprint density at radius 3 is 2.71 bits per heavy atom. The van der Waals surface area contributed by atoms with Gasteiger partial charge in [-0.3, -0.25) is 4.99 Å². The van der Waals surface area contributed by atoms with Crippen molar-refractivity contribution >= 4 is 17.7 Å². The van der Waals surface area contributed by atoms with E-state index in [0.717, 1.165) is 31.3 Å². The standard InChI is InChI=1S/C10H21N3S/c1-10(2,3)14-8-6-12-9-11-5-7-13(9)4/h5-8H2,1-4H3,(H,11,12). The molecule has 0 aromatic carbocycles. The van der Waals surface area contributed by atoms with Crippen molar-refractivity contribution in [2.24, 2.45) is 4.99 Å². The van der Waals surface area contributed by atoms with Gasteiger partial charge in [0.25, 0.3) is 0 Å². The van der Waals surface area contributed by atoms with Gasteiger partial charge in [-0.25, -0.2) is 0 Å². The molecular weight excluding hydrogens is 194 g/mol. The Balaban J connectivity index is 2.10. The normalized spacial score (nSPS) is 17.1. The van der Waals surface area contributed by atoms with Gasteiger partial charge in [0.1, 0.15) is 0 Å². The molecule has 0 spiro atoms. The predicted molar refractivity (Wildman–Crippen MR) is 65.1 cm³/mol. The van der Waals surface area contributed by atoms with Gasteiger partial charge in [-0.2, -0.15) is 11.8 Å². The molecule has 0 fully saturated rings. The van der Waals surface area contributed by atoms with Gasteiger partial charge in [-0.05, 0) is 0 Å². The molecule has 3 nitrogen and oxygen atoms in total. The molecule has 0 unspecified atom stereocenters. The van der Waals surface area contributed by atoms with Crippen molar-refractivity contribution in [1.82, 2.24) is 10.2 Å².